The molecular weight excluding hydrogens is 235 g/mol. The van der Waals surface area contributed by atoms with E-state index < -0.39 is 15.5 Å². The number of nitrogens with zero attached hydrogens (tertiary/aromatic N) is 1. The highest BCUT2D eigenvalue weighted by Crippen LogP contribution is 2.27. The average molecular weight is 247 g/mol. The first-order chi connectivity index (χ1) is 6.79. The van der Waals surface area contributed by atoms with Crippen LogP contribution in [0.1, 0.15) is 13.3 Å². The predicted molar refractivity (Wildman–Crippen MR) is 46.6 cm³/mol. The van der Waals surface area contributed by atoms with Crippen molar-refractivity contribution in [3.8, 4) is 0 Å². The Balaban J connectivity index is 2.63. The van der Waals surface area contributed by atoms with Gasteiger partial charge in [0.25, 0.3) is 0 Å². The molecule has 8 heteroatoms. The maximum absolute atomic E-state index is 12.1. The summed E-state index contributed by atoms with van der Waals surface area (Å²) >= 11 is 0. The van der Waals surface area contributed by atoms with Crippen molar-refractivity contribution < 1.29 is 26.3 Å². The van der Waals surface area contributed by atoms with Crippen molar-refractivity contribution in [3.63, 3.8) is 0 Å². The predicted octanol–water partition coefficient (Wildman–Crippen LogP) is 0.947. The van der Waals surface area contributed by atoms with Gasteiger partial charge in [0.05, 0.1) is 12.7 Å². The number of rotatable bonds is 5. The van der Waals surface area contributed by atoms with E-state index in [9.17, 15) is 21.6 Å². The Hall–Kier alpha value is -0.340. The second-order valence-corrected chi connectivity index (χ2v) is 5.12. The Kier molecular flexibility index (Phi) is 3.62. The van der Waals surface area contributed by atoms with E-state index in [0.717, 1.165) is 0 Å². The second-order valence-electron chi connectivity index (χ2n) is 3.19. The fourth-order valence-electron chi connectivity index (χ4n) is 1.12. The fraction of sp³-hybridized carbons (Fsp3) is 1.00. The Labute approximate surface area is 86.1 Å². The van der Waals surface area contributed by atoms with E-state index >= 15 is 0 Å². The van der Waals surface area contributed by atoms with Crippen molar-refractivity contribution in [1.82, 2.24) is 4.31 Å². The third kappa shape index (κ3) is 3.05. The van der Waals surface area contributed by atoms with E-state index in [1.165, 1.54) is 6.92 Å². The molecule has 4 nitrogen and oxygen atoms in total. The van der Waals surface area contributed by atoms with Gasteiger partial charge >= 0.3 is 15.5 Å². The van der Waals surface area contributed by atoms with Crippen LogP contribution in [0.25, 0.3) is 0 Å². The van der Waals surface area contributed by atoms with Crippen LogP contribution in [-0.2, 0) is 14.8 Å². The van der Waals surface area contributed by atoms with Crippen molar-refractivity contribution in [2.45, 2.75) is 25.0 Å². The molecule has 0 amide bonds. The minimum Gasteiger partial charge on any atom is -0.373 e. The molecule has 0 N–H and O–H groups in total. The van der Waals surface area contributed by atoms with Crippen LogP contribution in [0.15, 0.2) is 0 Å². The first kappa shape index (κ1) is 12.7. The Bertz CT molecular complexity index is 310. The molecule has 1 heterocycles. The number of alkyl halides is 3. The van der Waals surface area contributed by atoms with Crippen molar-refractivity contribution in [2.24, 2.45) is 0 Å². The van der Waals surface area contributed by atoms with Crippen LogP contribution in [0.2, 0.25) is 0 Å². The standard InChI is InChI=1S/C7H12F3NO3S/c1-2-11(4-3-6-5-14-6)15(12,13)7(8,9)10/h6H,2-5H2,1H3/t6-/m0/s1. The maximum Gasteiger partial charge on any atom is 0.511 e. The summed E-state index contributed by atoms with van der Waals surface area (Å²) in [6.07, 6.45) is 0.228. The van der Waals surface area contributed by atoms with Crippen molar-refractivity contribution in [1.29, 1.82) is 0 Å². The van der Waals surface area contributed by atoms with Gasteiger partial charge in [-0.2, -0.15) is 17.5 Å². The molecule has 1 saturated heterocycles. The zero-order valence-electron chi connectivity index (χ0n) is 8.12. The highest BCUT2D eigenvalue weighted by molar-refractivity contribution is 7.89. The summed E-state index contributed by atoms with van der Waals surface area (Å²) in [5, 5.41) is 0. The summed E-state index contributed by atoms with van der Waals surface area (Å²) < 4.78 is 63.6. The molecule has 0 aliphatic carbocycles. The SMILES string of the molecule is CCN(CC[C@H]1CO1)S(=O)(=O)C(F)(F)F. The number of halogens is 3. The minimum atomic E-state index is -5.21. The van der Waals surface area contributed by atoms with Gasteiger partial charge in [-0.15, -0.1) is 0 Å². The average Bonchev–Trinajstić information content (AvgIpc) is 2.86. The number of epoxide rings is 1. The van der Waals surface area contributed by atoms with Crippen LogP contribution in [0.5, 0.6) is 0 Å². The van der Waals surface area contributed by atoms with Crippen molar-refractivity contribution in [2.75, 3.05) is 19.7 Å². The largest absolute Gasteiger partial charge is 0.511 e. The van der Waals surface area contributed by atoms with Gasteiger partial charge in [-0.25, -0.2) is 8.42 Å². The first-order valence-corrected chi connectivity index (χ1v) is 5.91. The normalized spacial score (nSPS) is 22.1. The third-order valence-corrected chi connectivity index (χ3v) is 3.79. The number of sulfonamides is 1. The van der Waals surface area contributed by atoms with E-state index in [2.05, 4.69) is 0 Å². The summed E-state index contributed by atoms with van der Waals surface area (Å²) in [5.41, 5.74) is -5.21. The van der Waals surface area contributed by atoms with Crippen LogP contribution in [0.3, 0.4) is 0 Å². The lowest BCUT2D eigenvalue weighted by Crippen LogP contribution is -2.41. The summed E-state index contributed by atoms with van der Waals surface area (Å²) in [7, 11) is -5.18. The molecular formula is C7H12F3NO3S. The molecule has 1 fully saturated rings. The zero-order chi connectivity index (χ0) is 11.7. The topological polar surface area (TPSA) is 49.9 Å². The highest BCUT2D eigenvalue weighted by atomic mass is 32.2. The van der Waals surface area contributed by atoms with Gasteiger partial charge in [0, 0.05) is 13.1 Å². The molecule has 1 aliphatic rings. The van der Waals surface area contributed by atoms with Gasteiger partial charge in [0.1, 0.15) is 0 Å². The molecule has 0 aromatic carbocycles. The quantitative estimate of drug-likeness (QED) is 0.679. The van der Waals surface area contributed by atoms with Crippen molar-refractivity contribution in [3.05, 3.63) is 0 Å². The minimum absolute atomic E-state index is 0.0810. The molecule has 1 rings (SSSR count). The molecule has 0 aromatic rings. The first-order valence-electron chi connectivity index (χ1n) is 4.47. The molecule has 0 bridgehead atoms. The van der Waals surface area contributed by atoms with E-state index in [0.29, 0.717) is 17.3 Å². The molecule has 0 radical (unpaired) electrons. The van der Waals surface area contributed by atoms with Crippen LogP contribution in [-0.4, -0.2) is 44.0 Å². The Morgan fingerprint density at radius 3 is 2.33 bits per heavy atom. The Morgan fingerprint density at radius 2 is 2.00 bits per heavy atom. The smallest absolute Gasteiger partial charge is 0.373 e. The van der Waals surface area contributed by atoms with E-state index in [1.54, 1.807) is 0 Å². The highest BCUT2D eigenvalue weighted by Gasteiger charge is 2.49. The summed E-state index contributed by atoms with van der Waals surface area (Å²) in [6, 6.07) is 0. The molecule has 1 aliphatic heterocycles. The van der Waals surface area contributed by atoms with Crippen LogP contribution >= 0.6 is 0 Å². The molecule has 0 saturated carbocycles. The molecule has 0 unspecified atom stereocenters. The lowest BCUT2D eigenvalue weighted by Gasteiger charge is -2.21. The Morgan fingerprint density at radius 1 is 1.47 bits per heavy atom. The summed E-state index contributed by atoms with van der Waals surface area (Å²) in [6.45, 7) is 1.54. The van der Waals surface area contributed by atoms with E-state index in [-0.39, 0.29) is 19.2 Å². The maximum atomic E-state index is 12.1. The third-order valence-electron chi connectivity index (χ3n) is 2.09. The summed E-state index contributed by atoms with van der Waals surface area (Å²) in [4.78, 5) is 0. The monoisotopic (exact) mass is 247 g/mol. The number of hydrogen-bond acceptors (Lipinski definition) is 3. The fourth-order valence-corrected chi connectivity index (χ4v) is 2.10. The van der Waals surface area contributed by atoms with Crippen LogP contribution in [0, 0.1) is 0 Å². The lowest BCUT2D eigenvalue weighted by atomic mass is 10.3. The number of ether oxygens (including phenoxy) is 1. The van der Waals surface area contributed by atoms with Gasteiger partial charge in [0.15, 0.2) is 0 Å². The number of hydrogen-bond donors (Lipinski definition) is 0. The van der Waals surface area contributed by atoms with E-state index in [4.69, 9.17) is 4.74 Å². The van der Waals surface area contributed by atoms with Gasteiger partial charge in [-0.05, 0) is 6.42 Å². The van der Waals surface area contributed by atoms with Gasteiger partial charge < -0.3 is 4.74 Å². The second kappa shape index (κ2) is 4.26. The van der Waals surface area contributed by atoms with Crippen molar-refractivity contribution >= 4 is 10.0 Å². The molecule has 0 aromatic heterocycles. The summed E-state index contributed by atoms with van der Waals surface area (Å²) in [5.74, 6) is 0. The lowest BCUT2D eigenvalue weighted by molar-refractivity contribution is -0.0488. The molecule has 0 spiro atoms. The van der Waals surface area contributed by atoms with E-state index in [1.807, 2.05) is 0 Å². The van der Waals surface area contributed by atoms with Crippen LogP contribution in [0.4, 0.5) is 13.2 Å². The van der Waals surface area contributed by atoms with Crippen LogP contribution < -0.4 is 0 Å². The van der Waals surface area contributed by atoms with Gasteiger partial charge in [-0.1, -0.05) is 6.92 Å². The zero-order valence-corrected chi connectivity index (χ0v) is 8.94. The van der Waals surface area contributed by atoms with Gasteiger partial charge in [0.2, 0.25) is 0 Å². The molecule has 15 heavy (non-hydrogen) atoms. The van der Waals surface area contributed by atoms with Gasteiger partial charge in [-0.3, -0.25) is 0 Å². The molecule has 1 atom stereocenters. The molecule has 90 valence electrons.